The van der Waals surface area contributed by atoms with Crippen LogP contribution < -0.4 is 0 Å². The van der Waals surface area contributed by atoms with Crippen LogP contribution in [0.5, 0.6) is 5.75 Å². The average Bonchev–Trinajstić information content (AvgIpc) is 3.10. The number of hydrogen-bond acceptors (Lipinski definition) is 6. The number of likely N-dealkylation sites (tertiary alicyclic amines) is 1. The van der Waals surface area contributed by atoms with E-state index in [1.165, 1.54) is 12.1 Å². The Kier molecular flexibility index (Phi) is 4.89. The summed E-state index contributed by atoms with van der Waals surface area (Å²) in [6, 6.07) is 6.33. The molecule has 0 atom stereocenters. The molecule has 3 rings (SSSR count). The van der Waals surface area contributed by atoms with Gasteiger partial charge in [0.2, 0.25) is 0 Å². The molecule has 1 aliphatic rings. The van der Waals surface area contributed by atoms with E-state index in [-0.39, 0.29) is 23.4 Å². The van der Waals surface area contributed by atoms with Crippen molar-refractivity contribution in [3.63, 3.8) is 0 Å². The molecule has 0 aliphatic carbocycles. The van der Waals surface area contributed by atoms with Gasteiger partial charge in [-0.25, -0.2) is 0 Å². The van der Waals surface area contributed by atoms with E-state index in [1.54, 1.807) is 17.0 Å². The molecular formula is C17H19N3O3S. The molecule has 6 nitrogen and oxygen atoms in total. The molecule has 126 valence electrons. The van der Waals surface area contributed by atoms with Crippen molar-refractivity contribution in [1.29, 1.82) is 0 Å². The summed E-state index contributed by atoms with van der Waals surface area (Å²) in [6.45, 7) is 3.08. The lowest BCUT2D eigenvalue weighted by Gasteiger charge is -2.31. The standard InChI is InChI=1S/C17H19N3O3S/c1-2-14-16(24-19-18-14)17(23)20-9-7-12(8-10-20)15(22)11-3-5-13(21)6-4-11/h3-6,12,21H,2,7-10H2,1H3. The number of carbonyl (C=O) groups excluding carboxylic acids is 2. The number of carbonyl (C=O) groups is 2. The Hall–Kier alpha value is -2.28. The first-order valence-electron chi connectivity index (χ1n) is 8.04. The lowest BCUT2D eigenvalue weighted by atomic mass is 9.89. The third-order valence-corrected chi connectivity index (χ3v) is 5.15. The summed E-state index contributed by atoms with van der Waals surface area (Å²) < 4.78 is 3.87. The molecule has 0 unspecified atom stereocenters. The molecule has 2 heterocycles. The van der Waals surface area contributed by atoms with Gasteiger partial charge in [-0.3, -0.25) is 9.59 Å². The maximum Gasteiger partial charge on any atom is 0.267 e. The van der Waals surface area contributed by atoms with Crippen LogP contribution in [0.2, 0.25) is 0 Å². The zero-order valence-corrected chi connectivity index (χ0v) is 14.3. The molecule has 1 aromatic heterocycles. The summed E-state index contributed by atoms with van der Waals surface area (Å²) in [5.74, 6) is 0.119. The third-order valence-electron chi connectivity index (χ3n) is 4.39. The number of aromatic hydroxyl groups is 1. The molecule has 1 aliphatic heterocycles. The van der Waals surface area contributed by atoms with Crippen LogP contribution in [-0.4, -0.2) is 44.4 Å². The van der Waals surface area contributed by atoms with E-state index in [0.717, 1.165) is 17.2 Å². The maximum atomic E-state index is 12.6. The number of amides is 1. The Balaban J connectivity index is 1.62. The number of piperidine rings is 1. The molecule has 2 aromatic rings. The molecule has 1 N–H and O–H groups in total. The molecule has 1 saturated heterocycles. The second-order valence-corrected chi connectivity index (χ2v) is 6.63. The highest BCUT2D eigenvalue weighted by Gasteiger charge is 2.30. The highest BCUT2D eigenvalue weighted by Crippen LogP contribution is 2.25. The van der Waals surface area contributed by atoms with Crippen molar-refractivity contribution in [3.8, 4) is 5.75 Å². The van der Waals surface area contributed by atoms with E-state index in [4.69, 9.17) is 0 Å². The minimum atomic E-state index is -0.0798. The van der Waals surface area contributed by atoms with Crippen LogP contribution in [0.3, 0.4) is 0 Å². The SMILES string of the molecule is CCc1nnsc1C(=O)N1CCC(C(=O)c2ccc(O)cc2)CC1. The first-order valence-corrected chi connectivity index (χ1v) is 8.81. The Labute approximate surface area is 144 Å². The minimum absolute atomic E-state index is 0.0302. The largest absolute Gasteiger partial charge is 0.508 e. The molecule has 1 amide bonds. The summed E-state index contributed by atoms with van der Waals surface area (Å²) >= 11 is 1.14. The van der Waals surface area contributed by atoms with Crippen molar-refractivity contribution in [2.75, 3.05) is 13.1 Å². The van der Waals surface area contributed by atoms with Crippen molar-refractivity contribution in [2.24, 2.45) is 5.92 Å². The number of hydrogen-bond donors (Lipinski definition) is 1. The van der Waals surface area contributed by atoms with E-state index < -0.39 is 0 Å². The second-order valence-electron chi connectivity index (χ2n) is 5.88. The zero-order chi connectivity index (χ0) is 17.1. The van der Waals surface area contributed by atoms with Crippen LogP contribution >= 0.6 is 11.5 Å². The molecule has 24 heavy (non-hydrogen) atoms. The van der Waals surface area contributed by atoms with E-state index in [0.29, 0.717) is 42.8 Å². The highest BCUT2D eigenvalue weighted by molar-refractivity contribution is 7.08. The second kappa shape index (κ2) is 7.09. The van der Waals surface area contributed by atoms with Crippen molar-refractivity contribution < 1.29 is 14.7 Å². The Morgan fingerprint density at radius 3 is 2.54 bits per heavy atom. The molecule has 0 bridgehead atoms. The van der Waals surface area contributed by atoms with E-state index in [2.05, 4.69) is 9.59 Å². The topological polar surface area (TPSA) is 83.4 Å². The maximum absolute atomic E-state index is 12.6. The summed E-state index contributed by atoms with van der Waals surface area (Å²) in [5.41, 5.74) is 1.35. The van der Waals surface area contributed by atoms with Crippen LogP contribution in [0.15, 0.2) is 24.3 Å². The minimum Gasteiger partial charge on any atom is -0.508 e. The van der Waals surface area contributed by atoms with Gasteiger partial charge in [-0.1, -0.05) is 11.4 Å². The van der Waals surface area contributed by atoms with Crippen LogP contribution in [0.25, 0.3) is 0 Å². The normalized spacial score (nSPS) is 15.5. The Morgan fingerprint density at radius 1 is 1.25 bits per heavy atom. The van der Waals surface area contributed by atoms with Crippen molar-refractivity contribution in [3.05, 3.63) is 40.4 Å². The first-order chi connectivity index (χ1) is 11.6. The molecule has 7 heteroatoms. The zero-order valence-electron chi connectivity index (χ0n) is 13.4. The fourth-order valence-corrected chi connectivity index (χ4v) is 3.67. The number of ketones is 1. The molecule has 0 saturated carbocycles. The number of aromatic nitrogens is 2. The summed E-state index contributed by atoms with van der Waals surface area (Å²) in [4.78, 5) is 27.5. The number of benzene rings is 1. The lowest BCUT2D eigenvalue weighted by molar-refractivity contribution is 0.0653. The fraction of sp³-hybridized carbons (Fsp3) is 0.412. The molecule has 1 aromatic carbocycles. The predicted octanol–water partition coefficient (Wildman–Crippen LogP) is 2.54. The van der Waals surface area contributed by atoms with Crippen LogP contribution in [0.1, 0.15) is 45.5 Å². The van der Waals surface area contributed by atoms with E-state index in [1.807, 2.05) is 6.92 Å². The lowest BCUT2D eigenvalue weighted by Crippen LogP contribution is -2.40. The van der Waals surface area contributed by atoms with Gasteiger partial charge in [0, 0.05) is 24.6 Å². The van der Waals surface area contributed by atoms with Gasteiger partial charge < -0.3 is 10.0 Å². The number of aryl methyl sites for hydroxylation is 1. The smallest absolute Gasteiger partial charge is 0.267 e. The Morgan fingerprint density at radius 2 is 1.92 bits per heavy atom. The summed E-state index contributed by atoms with van der Waals surface area (Å²) in [7, 11) is 0. The van der Waals surface area contributed by atoms with Gasteiger partial charge in [0.1, 0.15) is 10.6 Å². The molecule has 0 radical (unpaired) electrons. The molecular weight excluding hydrogens is 326 g/mol. The number of nitrogens with zero attached hydrogens (tertiary/aromatic N) is 3. The highest BCUT2D eigenvalue weighted by atomic mass is 32.1. The van der Waals surface area contributed by atoms with Gasteiger partial charge in [0.05, 0.1) is 5.69 Å². The monoisotopic (exact) mass is 345 g/mol. The van der Waals surface area contributed by atoms with Gasteiger partial charge in [0.15, 0.2) is 5.78 Å². The van der Waals surface area contributed by atoms with Crippen LogP contribution in [0.4, 0.5) is 0 Å². The molecule has 1 fully saturated rings. The summed E-state index contributed by atoms with van der Waals surface area (Å²) in [5, 5.41) is 13.3. The number of rotatable bonds is 4. The number of phenolic OH excluding ortho intramolecular Hbond substituents is 1. The Bertz CT molecular complexity index is 734. The van der Waals surface area contributed by atoms with Gasteiger partial charge in [-0.15, -0.1) is 5.10 Å². The number of Topliss-reactive ketones (excluding diaryl/α,β-unsaturated/α-hetero) is 1. The van der Waals surface area contributed by atoms with Gasteiger partial charge in [-0.05, 0) is 55.1 Å². The van der Waals surface area contributed by atoms with Crippen molar-refractivity contribution >= 4 is 23.2 Å². The quantitative estimate of drug-likeness (QED) is 0.861. The van der Waals surface area contributed by atoms with E-state index in [9.17, 15) is 14.7 Å². The fourth-order valence-electron chi connectivity index (χ4n) is 2.95. The van der Waals surface area contributed by atoms with E-state index >= 15 is 0 Å². The van der Waals surface area contributed by atoms with Gasteiger partial charge >= 0.3 is 0 Å². The number of phenols is 1. The van der Waals surface area contributed by atoms with Gasteiger partial charge in [0.25, 0.3) is 5.91 Å². The average molecular weight is 345 g/mol. The summed E-state index contributed by atoms with van der Waals surface area (Å²) in [6.07, 6.45) is 1.99. The third kappa shape index (κ3) is 3.31. The predicted molar refractivity (Wildman–Crippen MR) is 90.4 cm³/mol. The van der Waals surface area contributed by atoms with Crippen molar-refractivity contribution in [2.45, 2.75) is 26.2 Å². The van der Waals surface area contributed by atoms with Crippen molar-refractivity contribution in [1.82, 2.24) is 14.5 Å². The van der Waals surface area contributed by atoms with Crippen LogP contribution in [-0.2, 0) is 6.42 Å². The van der Waals surface area contributed by atoms with Crippen LogP contribution in [0, 0.1) is 5.92 Å². The van der Waals surface area contributed by atoms with Gasteiger partial charge in [-0.2, -0.15) is 0 Å². The molecule has 0 spiro atoms. The first kappa shape index (κ1) is 16.6.